The second-order valence-corrected chi connectivity index (χ2v) is 7.62. The summed E-state index contributed by atoms with van der Waals surface area (Å²) in [5.41, 5.74) is 1.20. The van der Waals surface area contributed by atoms with E-state index in [9.17, 15) is 0 Å². The maximum Gasteiger partial charge on any atom is 0.191 e. The van der Waals surface area contributed by atoms with Gasteiger partial charge >= 0.3 is 0 Å². The van der Waals surface area contributed by atoms with Crippen LogP contribution >= 0.6 is 0 Å². The van der Waals surface area contributed by atoms with Gasteiger partial charge in [0.05, 0.1) is 20.3 Å². The number of hydrogen-bond donors (Lipinski definition) is 2. The van der Waals surface area contributed by atoms with Gasteiger partial charge in [-0.15, -0.1) is 0 Å². The van der Waals surface area contributed by atoms with E-state index in [0.29, 0.717) is 6.04 Å². The van der Waals surface area contributed by atoms with E-state index in [1.807, 2.05) is 6.07 Å². The predicted octanol–water partition coefficient (Wildman–Crippen LogP) is 2.65. The zero-order chi connectivity index (χ0) is 21.1. The molecule has 0 bridgehead atoms. The molecule has 0 aromatic heterocycles. The lowest BCUT2D eigenvalue weighted by Gasteiger charge is -2.19. The number of aliphatic imine (C=N–C) groups is 1. The highest BCUT2D eigenvalue weighted by Gasteiger charge is 2.23. The Morgan fingerprint density at radius 3 is 2.55 bits per heavy atom. The summed E-state index contributed by atoms with van der Waals surface area (Å²) in [5.74, 6) is 2.56. The molecule has 29 heavy (non-hydrogen) atoms. The van der Waals surface area contributed by atoms with E-state index in [4.69, 9.17) is 19.2 Å². The summed E-state index contributed by atoms with van der Waals surface area (Å²) in [6, 6.07) is 6.46. The molecule has 7 nitrogen and oxygen atoms in total. The van der Waals surface area contributed by atoms with Gasteiger partial charge in [-0.3, -0.25) is 9.89 Å². The van der Waals surface area contributed by atoms with Crippen LogP contribution in [0.5, 0.6) is 11.5 Å². The SMILES string of the molecule is CCNC(=NCCCOC(C)C)NC1CCN(Cc2cc(OC)cc(OC)c2)C1. The Bertz CT molecular complexity index is 614. The molecule has 7 heteroatoms. The smallest absolute Gasteiger partial charge is 0.191 e. The molecule has 1 aromatic carbocycles. The van der Waals surface area contributed by atoms with Gasteiger partial charge in [0.25, 0.3) is 0 Å². The zero-order valence-corrected chi connectivity index (χ0v) is 18.7. The van der Waals surface area contributed by atoms with E-state index in [0.717, 1.165) is 69.6 Å². The maximum atomic E-state index is 5.59. The van der Waals surface area contributed by atoms with Crippen LogP contribution < -0.4 is 20.1 Å². The lowest BCUT2D eigenvalue weighted by Crippen LogP contribution is -2.44. The molecule has 0 radical (unpaired) electrons. The van der Waals surface area contributed by atoms with Crippen LogP contribution in [0.1, 0.15) is 39.2 Å². The zero-order valence-electron chi connectivity index (χ0n) is 18.7. The molecule has 0 saturated carbocycles. The van der Waals surface area contributed by atoms with Crippen LogP contribution in [0.3, 0.4) is 0 Å². The molecule has 1 aliphatic heterocycles. The standard InChI is InChI=1S/C22H38N4O3/c1-6-23-22(24-9-7-11-29-17(2)3)25-19-8-10-26(16-19)15-18-12-20(27-4)14-21(13-18)28-5/h12-14,17,19H,6-11,15-16H2,1-5H3,(H2,23,24,25). The highest BCUT2D eigenvalue weighted by Crippen LogP contribution is 2.24. The Balaban J connectivity index is 1.84. The summed E-state index contributed by atoms with van der Waals surface area (Å²) in [6.45, 7) is 11.5. The van der Waals surface area contributed by atoms with Crippen molar-refractivity contribution in [3.05, 3.63) is 23.8 Å². The third-order valence-corrected chi connectivity index (χ3v) is 4.80. The number of hydrogen-bond acceptors (Lipinski definition) is 5. The van der Waals surface area contributed by atoms with Crippen LogP contribution in [0.2, 0.25) is 0 Å². The molecule has 1 unspecified atom stereocenters. The van der Waals surface area contributed by atoms with Gasteiger partial charge in [-0.25, -0.2) is 0 Å². The van der Waals surface area contributed by atoms with Gasteiger partial charge in [-0.2, -0.15) is 0 Å². The number of benzene rings is 1. The fraction of sp³-hybridized carbons (Fsp3) is 0.682. The normalized spacial score (nSPS) is 17.6. The van der Waals surface area contributed by atoms with Crippen LogP contribution in [0.4, 0.5) is 0 Å². The molecular formula is C22H38N4O3. The first-order valence-electron chi connectivity index (χ1n) is 10.6. The summed E-state index contributed by atoms with van der Waals surface area (Å²) >= 11 is 0. The largest absolute Gasteiger partial charge is 0.497 e. The van der Waals surface area contributed by atoms with E-state index < -0.39 is 0 Å². The van der Waals surface area contributed by atoms with Crippen molar-refractivity contribution in [3.63, 3.8) is 0 Å². The molecule has 1 fully saturated rings. The number of ether oxygens (including phenoxy) is 3. The molecule has 164 valence electrons. The molecule has 1 heterocycles. The number of nitrogens with zero attached hydrogens (tertiary/aromatic N) is 2. The average molecular weight is 407 g/mol. The monoisotopic (exact) mass is 406 g/mol. The quantitative estimate of drug-likeness (QED) is 0.335. The van der Waals surface area contributed by atoms with Crippen LogP contribution in [0.15, 0.2) is 23.2 Å². The van der Waals surface area contributed by atoms with Gasteiger partial charge in [-0.05, 0) is 51.3 Å². The van der Waals surface area contributed by atoms with Crippen molar-refractivity contribution in [2.24, 2.45) is 4.99 Å². The minimum atomic E-state index is 0.277. The average Bonchev–Trinajstić information content (AvgIpc) is 3.13. The second-order valence-electron chi connectivity index (χ2n) is 7.62. The topological polar surface area (TPSA) is 67.4 Å². The Labute approximate surface area is 175 Å². The molecule has 2 rings (SSSR count). The van der Waals surface area contributed by atoms with Gasteiger partial charge in [0.15, 0.2) is 5.96 Å². The van der Waals surface area contributed by atoms with Crippen molar-refractivity contribution in [1.29, 1.82) is 0 Å². The fourth-order valence-corrected chi connectivity index (χ4v) is 3.40. The first-order valence-corrected chi connectivity index (χ1v) is 10.6. The number of nitrogens with one attached hydrogen (secondary N) is 2. The van der Waals surface area contributed by atoms with E-state index in [-0.39, 0.29) is 6.10 Å². The highest BCUT2D eigenvalue weighted by atomic mass is 16.5. The van der Waals surface area contributed by atoms with Crippen LogP contribution in [0, 0.1) is 0 Å². The third-order valence-electron chi connectivity index (χ3n) is 4.80. The molecule has 1 aliphatic rings. The minimum absolute atomic E-state index is 0.277. The summed E-state index contributed by atoms with van der Waals surface area (Å²) in [7, 11) is 3.37. The molecule has 1 aromatic rings. The molecule has 1 atom stereocenters. The fourth-order valence-electron chi connectivity index (χ4n) is 3.40. The summed E-state index contributed by atoms with van der Waals surface area (Å²) in [5, 5.41) is 6.93. The molecule has 0 amide bonds. The van der Waals surface area contributed by atoms with Crippen molar-refractivity contribution >= 4 is 5.96 Å². The molecular weight excluding hydrogens is 368 g/mol. The summed E-state index contributed by atoms with van der Waals surface area (Å²) < 4.78 is 16.4. The van der Waals surface area contributed by atoms with Crippen LogP contribution in [-0.2, 0) is 11.3 Å². The van der Waals surface area contributed by atoms with Gasteiger partial charge in [0.1, 0.15) is 11.5 Å². The van der Waals surface area contributed by atoms with E-state index in [2.05, 4.69) is 48.4 Å². The van der Waals surface area contributed by atoms with Gasteiger partial charge in [0.2, 0.25) is 0 Å². The Morgan fingerprint density at radius 2 is 1.93 bits per heavy atom. The second kappa shape index (κ2) is 12.5. The molecule has 0 aliphatic carbocycles. The van der Waals surface area contributed by atoms with Crippen molar-refractivity contribution < 1.29 is 14.2 Å². The van der Waals surface area contributed by atoms with Crippen molar-refractivity contribution in [2.75, 3.05) is 47.0 Å². The highest BCUT2D eigenvalue weighted by molar-refractivity contribution is 5.80. The minimum Gasteiger partial charge on any atom is -0.497 e. The lowest BCUT2D eigenvalue weighted by molar-refractivity contribution is 0.0782. The Kier molecular flexibility index (Phi) is 10.1. The van der Waals surface area contributed by atoms with Crippen molar-refractivity contribution in [3.8, 4) is 11.5 Å². The number of rotatable bonds is 11. The van der Waals surface area contributed by atoms with E-state index in [1.54, 1.807) is 14.2 Å². The first-order chi connectivity index (χ1) is 14.0. The van der Waals surface area contributed by atoms with Crippen LogP contribution in [0.25, 0.3) is 0 Å². The van der Waals surface area contributed by atoms with Crippen LogP contribution in [-0.4, -0.2) is 70.0 Å². The summed E-state index contributed by atoms with van der Waals surface area (Å²) in [6.07, 6.45) is 2.31. The number of likely N-dealkylation sites (tertiary alicyclic amines) is 1. The van der Waals surface area contributed by atoms with Crippen molar-refractivity contribution in [1.82, 2.24) is 15.5 Å². The Hall–Kier alpha value is -1.99. The molecule has 1 saturated heterocycles. The third kappa shape index (κ3) is 8.50. The van der Waals surface area contributed by atoms with Gasteiger partial charge in [0, 0.05) is 51.4 Å². The Morgan fingerprint density at radius 1 is 1.21 bits per heavy atom. The molecule has 0 spiro atoms. The molecule has 2 N–H and O–H groups in total. The number of methoxy groups -OCH3 is 2. The van der Waals surface area contributed by atoms with Gasteiger partial charge in [-0.1, -0.05) is 0 Å². The lowest BCUT2D eigenvalue weighted by atomic mass is 10.2. The predicted molar refractivity (Wildman–Crippen MR) is 118 cm³/mol. The van der Waals surface area contributed by atoms with E-state index in [1.165, 1.54) is 5.56 Å². The maximum absolute atomic E-state index is 5.59. The van der Waals surface area contributed by atoms with Gasteiger partial charge < -0.3 is 24.8 Å². The first kappa shape index (κ1) is 23.3. The summed E-state index contributed by atoms with van der Waals surface area (Å²) in [4.78, 5) is 7.14. The van der Waals surface area contributed by atoms with E-state index >= 15 is 0 Å². The number of guanidine groups is 1. The van der Waals surface area contributed by atoms with Crippen molar-refractivity contribution in [2.45, 2.75) is 52.3 Å².